The van der Waals surface area contributed by atoms with E-state index in [1.165, 1.54) is 6.07 Å². The monoisotopic (exact) mass is 219 g/mol. The van der Waals surface area contributed by atoms with E-state index in [1.54, 1.807) is 10.5 Å². The van der Waals surface area contributed by atoms with Crippen molar-refractivity contribution in [2.45, 2.75) is 18.8 Å². The summed E-state index contributed by atoms with van der Waals surface area (Å²) < 4.78 is 15.2. The van der Waals surface area contributed by atoms with Crippen molar-refractivity contribution in [1.29, 1.82) is 0 Å². The Morgan fingerprint density at radius 2 is 2.19 bits per heavy atom. The fourth-order valence-electron chi connectivity index (χ4n) is 2.31. The van der Waals surface area contributed by atoms with Gasteiger partial charge in [-0.05, 0) is 38.1 Å². The Morgan fingerprint density at radius 3 is 2.94 bits per heavy atom. The Kier molecular flexibility index (Phi) is 2.36. The molecule has 0 aromatic carbocycles. The molecule has 16 heavy (non-hydrogen) atoms. The number of imidazole rings is 1. The molecule has 2 aromatic rings. The lowest BCUT2D eigenvalue weighted by atomic mass is 9.95. The van der Waals surface area contributed by atoms with Gasteiger partial charge in [0.15, 0.2) is 11.5 Å². The molecular formula is C12H14FN3. The summed E-state index contributed by atoms with van der Waals surface area (Å²) in [5.74, 6) is 0.225. The first-order valence-corrected chi connectivity index (χ1v) is 5.68. The molecule has 0 radical (unpaired) electrons. The van der Waals surface area contributed by atoms with Crippen LogP contribution in [-0.2, 0) is 0 Å². The van der Waals surface area contributed by atoms with Gasteiger partial charge in [-0.3, -0.25) is 0 Å². The fraction of sp³-hybridized carbons (Fsp3) is 0.417. The predicted octanol–water partition coefficient (Wildman–Crippen LogP) is 1.94. The highest BCUT2D eigenvalue weighted by molar-refractivity contribution is 5.42. The maximum absolute atomic E-state index is 13.5. The molecule has 4 heteroatoms. The number of hydrogen-bond acceptors (Lipinski definition) is 2. The van der Waals surface area contributed by atoms with Crippen molar-refractivity contribution in [3.63, 3.8) is 0 Å². The Labute approximate surface area is 93.3 Å². The number of nitrogens with one attached hydrogen (secondary N) is 1. The van der Waals surface area contributed by atoms with Crippen LogP contribution in [0.1, 0.15) is 24.5 Å². The minimum atomic E-state index is -0.248. The van der Waals surface area contributed by atoms with Gasteiger partial charge in [0, 0.05) is 18.3 Å². The van der Waals surface area contributed by atoms with Crippen molar-refractivity contribution in [2.24, 2.45) is 0 Å². The van der Waals surface area contributed by atoms with Crippen molar-refractivity contribution < 1.29 is 4.39 Å². The molecule has 0 spiro atoms. The van der Waals surface area contributed by atoms with Crippen LogP contribution in [0.4, 0.5) is 4.39 Å². The average Bonchev–Trinajstić information content (AvgIpc) is 2.76. The number of halogens is 1. The second-order valence-electron chi connectivity index (χ2n) is 4.28. The van der Waals surface area contributed by atoms with E-state index in [0.29, 0.717) is 11.6 Å². The van der Waals surface area contributed by atoms with Gasteiger partial charge in [0.05, 0.1) is 5.69 Å². The topological polar surface area (TPSA) is 29.3 Å². The number of fused-ring (bicyclic) bond motifs is 1. The lowest BCUT2D eigenvalue weighted by Gasteiger charge is -2.20. The molecule has 84 valence electrons. The molecule has 0 unspecified atom stereocenters. The van der Waals surface area contributed by atoms with E-state index in [4.69, 9.17) is 0 Å². The Hall–Kier alpha value is -1.42. The molecule has 1 aliphatic rings. The number of nitrogens with zero attached hydrogens (tertiary/aromatic N) is 2. The molecule has 1 N–H and O–H groups in total. The summed E-state index contributed by atoms with van der Waals surface area (Å²) in [5, 5.41) is 3.32. The first-order chi connectivity index (χ1) is 7.84. The van der Waals surface area contributed by atoms with Crippen LogP contribution >= 0.6 is 0 Å². The van der Waals surface area contributed by atoms with Gasteiger partial charge in [0.2, 0.25) is 0 Å². The minimum absolute atomic E-state index is 0.248. The molecule has 0 aliphatic carbocycles. The summed E-state index contributed by atoms with van der Waals surface area (Å²) in [5.41, 5.74) is 1.46. The summed E-state index contributed by atoms with van der Waals surface area (Å²) in [4.78, 5) is 4.40. The number of pyridine rings is 1. The Balaban J connectivity index is 2.01. The van der Waals surface area contributed by atoms with Crippen LogP contribution in [0, 0.1) is 5.82 Å². The van der Waals surface area contributed by atoms with Gasteiger partial charge in [-0.1, -0.05) is 0 Å². The fourth-order valence-corrected chi connectivity index (χ4v) is 2.31. The predicted molar refractivity (Wildman–Crippen MR) is 60.0 cm³/mol. The van der Waals surface area contributed by atoms with Crippen molar-refractivity contribution in [3.8, 4) is 0 Å². The Bertz CT molecular complexity index is 500. The molecule has 3 rings (SSSR count). The number of rotatable bonds is 1. The zero-order valence-electron chi connectivity index (χ0n) is 8.99. The van der Waals surface area contributed by atoms with Crippen LogP contribution in [0.5, 0.6) is 0 Å². The minimum Gasteiger partial charge on any atom is -0.317 e. The van der Waals surface area contributed by atoms with Gasteiger partial charge >= 0.3 is 0 Å². The normalized spacial score (nSPS) is 18.1. The van der Waals surface area contributed by atoms with E-state index in [9.17, 15) is 4.39 Å². The zero-order valence-corrected chi connectivity index (χ0v) is 8.99. The highest BCUT2D eigenvalue weighted by Crippen LogP contribution is 2.25. The van der Waals surface area contributed by atoms with Crippen LogP contribution in [-0.4, -0.2) is 22.5 Å². The number of hydrogen-bond donors (Lipinski definition) is 1. The molecule has 2 aromatic heterocycles. The molecule has 0 atom stereocenters. The van der Waals surface area contributed by atoms with Crippen LogP contribution in [0.3, 0.4) is 0 Å². The SMILES string of the molecule is Fc1cccn2cc(C3CCNCC3)nc12. The maximum atomic E-state index is 13.5. The van der Waals surface area contributed by atoms with Crippen molar-refractivity contribution in [2.75, 3.05) is 13.1 Å². The smallest absolute Gasteiger partial charge is 0.173 e. The molecule has 3 heterocycles. The molecule has 0 bridgehead atoms. The third kappa shape index (κ3) is 1.59. The molecular weight excluding hydrogens is 205 g/mol. The van der Waals surface area contributed by atoms with Gasteiger partial charge in [-0.2, -0.15) is 0 Å². The van der Waals surface area contributed by atoms with E-state index in [0.717, 1.165) is 31.6 Å². The number of piperidine rings is 1. The van der Waals surface area contributed by atoms with E-state index >= 15 is 0 Å². The summed E-state index contributed by atoms with van der Waals surface area (Å²) in [7, 11) is 0. The van der Waals surface area contributed by atoms with Crippen LogP contribution < -0.4 is 5.32 Å². The molecule has 1 aliphatic heterocycles. The first kappa shape index (κ1) is 9.78. The quantitative estimate of drug-likeness (QED) is 0.794. The van der Waals surface area contributed by atoms with Gasteiger partial charge in [0.1, 0.15) is 0 Å². The van der Waals surface area contributed by atoms with E-state index < -0.39 is 0 Å². The van der Waals surface area contributed by atoms with Gasteiger partial charge < -0.3 is 9.72 Å². The van der Waals surface area contributed by atoms with Crippen LogP contribution in [0.15, 0.2) is 24.5 Å². The summed E-state index contributed by atoms with van der Waals surface area (Å²) in [6.07, 6.45) is 5.97. The van der Waals surface area contributed by atoms with Gasteiger partial charge in [-0.25, -0.2) is 9.37 Å². The van der Waals surface area contributed by atoms with Gasteiger partial charge in [0.25, 0.3) is 0 Å². The van der Waals surface area contributed by atoms with Crippen LogP contribution in [0.2, 0.25) is 0 Å². The van der Waals surface area contributed by atoms with E-state index in [2.05, 4.69) is 10.3 Å². The largest absolute Gasteiger partial charge is 0.317 e. The second kappa shape index (κ2) is 3.87. The standard InChI is InChI=1S/C12H14FN3/c13-10-2-1-7-16-8-11(15-12(10)16)9-3-5-14-6-4-9/h1-2,7-9,14H,3-6H2. The van der Waals surface area contributed by atoms with Crippen molar-refractivity contribution >= 4 is 5.65 Å². The third-order valence-electron chi connectivity index (χ3n) is 3.21. The summed E-state index contributed by atoms with van der Waals surface area (Å²) in [6, 6.07) is 3.16. The van der Waals surface area contributed by atoms with E-state index in [-0.39, 0.29) is 5.82 Å². The lowest BCUT2D eigenvalue weighted by Crippen LogP contribution is -2.26. The summed E-state index contributed by atoms with van der Waals surface area (Å²) >= 11 is 0. The highest BCUT2D eigenvalue weighted by Gasteiger charge is 2.18. The summed E-state index contributed by atoms with van der Waals surface area (Å²) in [6.45, 7) is 2.06. The Morgan fingerprint density at radius 1 is 1.38 bits per heavy atom. The molecule has 3 nitrogen and oxygen atoms in total. The second-order valence-corrected chi connectivity index (χ2v) is 4.28. The molecule has 0 amide bonds. The van der Waals surface area contributed by atoms with E-state index in [1.807, 2.05) is 12.4 Å². The third-order valence-corrected chi connectivity index (χ3v) is 3.21. The lowest BCUT2D eigenvalue weighted by molar-refractivity contribution is 0.454. The maximum Gasteiger partial charge on any atom is 0.173 e. The number of aromatic nitrogens is 2. The highest BCUT2D eigenvalue weighted by atomic mass is 19.1. The van der Waals surface area contributed by atoms with Crippen molar-refractivity contribution in [3.05, 3.63) is 36.0 Å². The van der Waals surface area contributed by atoms with Crippen molar-refractivity contribution in [1.82, 2.24) is 14.7 Å². The first-order valence-electron chi connectivity index (χ1n) is 5.68. The zero-order chi connectivity index (χ0) is 11.0. The molecule has 1 fully saturated rings. The average molecular weight is 219 g/mol. The molecule has 0 saturated carbocycles. The molecule has 1 saturated heterocycles. The van der Waals surface area contributed by atoms with Gasteiger partial charge in [-0.15, -0.1) is 0 Å². The van der Waals surface area contributed by atoms with Crippen LogP contribution in [0.25, 0.3) is 5.65 Å².